The normalized spacial score (nSPS) is 10.7. The van der Waals surface area contributed by atoms with Crippen LogP contribution in [0, 0.1) is 0 Å². The summed E-state index contributed by atoms with van der Waals surface area (Å²) in [7, 11) is 0. The van der Waals surface area contributed by atoms with Gasteiger partial charge in [-0.1, -0.05) is 60.7 Å². The van der Waals surface area contributed by atoms with Crippen LogP contribution in [0.1, 0.15) is 0 Å². The van der Waals surface area contributed by atoms with Crippen LogP contribution in [0.5, 0.6) is 0 Å². The highest BCUT2D eigenvalue weighted by molar-refractivity contribution is 6.04. The van der Waals surface area contributed by atoms with Crippen LogP contribution in [0.2, 0.25) is 0 Å². The molecule has 3 N–H and O–H groups in total. The average Bonchev–Trinajstić information content (AvgIpc) is 2.53. The minimum absolute atomic E-state index is 0.629. The van der Waals surface area contributed by atoms with Gasteiger partial charge < -0.3 is 11.1 Å². The van der Waals surface area contributed by atoms with Crippen molar-refractivity contribution in [2.24, 2.45) is 5.73 Å². The molecule has 0 radical (unpaired) electrons. The number of nitrogens with one attached hydrogen (secondary N) is 1. The zero-order valence-corrected chi connectivity index (χ0v) is 11.3. The molecule has 0 spiro atoms. The number of anilines is 1. The maximum absolute atomic E-state index is 5.61. The summed E-state index contributed by atoms with van der Waals surface area (Å²) in [5, 5.41) is 5.93. The highest BCUT2D eigenvalue weighted by Gasteiger charge is 2.07. The molecule has 0 bridgehead atoms. The molecule has 0 aliphatic heterocycles. The van der Waals surface area contributed by atoms with Gasteiger partial charge in [0.25, 0.3) is 0 Å². The minimum atomic E-state index is 0.629. The second-order valence-electron chi connectivity index (χ2n) is 4.79. The molecule has 100 valence electrons. The second kappa shape index (κ2) is 5.76. The van der Waals surface area contributed by atoms with E-state index in [0.717, 1.165) is 12.2 Å². The maximum atomic E-state index is 5.61. The maximum Gasteiger partial charge on any atom is 0.0426 e. The van der Waals surface area contributed by atoms with Gasteiger partial charge in [-0.05, 0) is 22.6 Å². The SMILES string of the molecule is NCCNc1cccc2cccc(-c3ccccc3)c12. The third-order valence-corrected chi connectivity index (χ3v) is 3.45. The lowest BCUT2D eigenvalue weighted by atomic mass is 9.97. The Morgan fingerprint density at radius 3 is 2.30 bits per heavy atom. The summed E-state index contributed by atoms with van der Waals surface area (Å²) in [6.45, 7) is 1.41. The fourth-order valence-electron chi connectivity index (χ4n) is 2.55. The van der Waals surface area contributed by atoms with Gasteiger partial charge in [-0.15, -0.1) is 0 Å². The number of fused-ring (bicyclic) bond motifs is 1. The van der Waals surface area contributed by atoms with Gasteiger partial charge in [-0.2, -0.15) is 0 Å². The summed E-state index contributed by atoms with van der Waals surface area (Å²) in [5.41, 5.74) is 9.24. The molecule has 0 saturated carbocycles. The van der Waals surface area contributed by atoms with Crippen molar-refractivity contribution in [2.75, 3.05) is 18.4 Å². The molecule has 2 heteroatoms. The van der Waals surface area contributed by atoms with E-state index in [1.807, 2.05) is 6.07 Å². The molecule has 0 fully saturated rings. The lowest BCUT2D eigenvalue weighted by Crippen LogP contribution is -2.13. The fraction of sp³-hybridized carbons (Fsp3) is 0.111. The van der Waals surface area contributed by atoms with E-state index in [-0.39, 0.29) is 0 Å². The molecular weight excluding hydrogens is 244 g/mol. The monoisotopic (exact) mass is 262 g/mol. The van der Waals surface area contributed by atoms with E-state index in [0.29, 0.717) is 6.54 Å². The van der Waals surface area contributed by atoms with Gasteiger partial charge in [0.15, 0.2) is 0 Å². The molecule has 20 heavy (non-hydrogen) atoms. The zero-order valence-electron chi connectivity index (χ0n) is 11.3. The van der Waals surface area contributed by atoms with Gasteiger partial charge >= 0.3 is 0 Å². The quantitative estimate of drug-likeness (QED) is 0.749. The summed E-state index contributed by atoms with van der Waals surface area (Å²) < 4.78 is 0. The lowest BCUT2D eigenvalue weighted by Gasteiger charge is -2.13. The predicted octanol–water partition coefficient (Wildman–Crippen LogP) is 3.88. The van der Waals surface area contributed by atoms with Gasteiger partial charge in [0.1, 0.15) is 0 Å². The van der Waals surface area contributed by atoms with E-state index in [1.54, 1.807) is 0 Å². The summed E-state index contributed by atoms with van der Waals surface area (Å²) in [6, 6.07) is 23.3. The first-order valence-corrected chi connectivity index (χ1v) is 6.91. The summed E-state index contributed by atoms with van der Waals surface area (Å²) >= 11 is 0. The Labute approximate surface area is 119 Å². The van der Waals surface area contributed by atoms with Crippen molar-refractivity contribution in [1.29, 1.82) is 0 Å². The van der Waals surface area contributed by atoms with E-state index in [2.05, 4.69) is 66.0 Å². The Morgan fingerprint density at radius 2 is 1.55 bits per heavy atom. The smallest absolute Gasteiger partial charge is 0.0426 e. The first-order valence-electron chi connectivity index (χ1n) is 6.91. The van der Waals surface area contributed by atoms with E-state index in [9.17, 15) is 0 Å². The Balaban J connectivity index is 2.21. The van der Waals surface area contributed by atoms with Gasteiger partial charge in [-0.3, -0.25) is 0 Å². The van der Waals surface area contributed by atoms with Crippen molar-refractivity contribution >= 4 is 16.5 Å². The molecule has 0 heterocycles. The number of hydrogen-bond acceptors (Lipinski definition) is 2. The lowest BCUT2D eigenvalue weighted by molar-refractivity contribution is 1.03. The van der Waals surface area contributed by atoms with E-state index >= 15 is 0 Å². The van der Waals surface area contributed by atoms with Crippen LogP contribution in [-0.2, 0) is 0 Å². The second-order valence-corrected chi connectivity index (χ2v) is 4.79. The van der Waals surface area contributed by atoms with Crippen molar-refractivity contribution in [1.82, 2.24) is 0 Å². The van der Waals surface area contributed by atoms with Crippen LogP contribution in [-0.4, -0.2) is 13.1 Å². The first kappa shape index (κ1) is 12.7. The Hall–Kier alpha value is -2.32. The number of nitrogens with two attached hydrogens (primary N) is 1. The molecule has 3 aromatic rings. The molecule has 3 rings (SSSR count). The molecular formula is C18H18N2. The Morgan fingerprint density at radius 1 is 0.800 bits per heavy atom. The molecule has 2 nitrogen and oxygen atoms in total. The topological polar surface area (TPSA) is 38.0 Å². The van der Waals surface area contributed by atoms with Crippen molar-refractivity contribution in [3.8, 4) is 11.1 Å². The van der Waals surface area contributed by atoms with E-state index in [1.165, 1.54) is 21.9 Å². The van der Waals surface area contributed by atoms with Gasteiger partial charge in [-0.25, -0.2) is 0 Å². The number of hydrogen-bond donors (Lipinski definition) is 2. The summed E-state index contributed by atoms with van der Waals surface area (Å²) in [6.07, 6.45) is 0. The average molecular weight is 262 g/mol. The van der Waals surface area contributed by atoms with E-state index < -0.39 is 0 Å². The summed E-state index contributed by atoms with van der Waals surface area (Å²) in [4.78, 5) is 0. The highest BCUT2D eigenvalue weighted by atomic mass is 14.9. The van der Waals surface area contributed by atoms with Crippen LogP contribution >= 0.6 is 0 Å². The molecule has 0 saturated heterocycles. The van der Waals surface area contributed by atoms with Crippen molar-refractivity contribution in [3.63, 3.8) is 0 Å². The van der Waals surface area contributed by atoms with Crippen LogP contribution in [0.3, 0.4) is 0 Å². The van der Waals surface area contributed by atoms with E-state index in [4.69, 9.17) is 5.73 Å². The molecule has 0 unspecified atom stereocenters. The molecule has 0 atom stereocenters. The molecule has 3 aromatic carbocycles. The third kappa shape index (κ3) is 2.38. The predicted molar refractivity (Wildman–Crippen MR) is 86.9 cm³/mol. The van der Waals surface area contributed by atoms with Crippen LogP contribution in [0.15, 0.2) is 66.7 Å². The Kier molecular flexibility index (Phi) is 3.66. The third-order valence-electron chi connectivity index (χ3n) is 3.45. The Bertz CT molecular complexity index is 700. The first-order chi connectivity index (χ1) is 9.90. The highest BCUT2D eigenvalue weighted by Crippen LogP contribution is 2.33. The number of rotatable bonds is 4. The van der Waals surface area contributed by atoms with Crippen LogP contribution in [0.25, 0.3) is 21.9 Å². The van der Waals surface area contributed by atoms with Crippen LogP contribution < -0.4 is 11.1 Å². The van der Waals surface area contributed by atoms with Gasteiger partial charge in [0.2, 0.25) is 0 Å². The summed E-state index contributed by atoms with van der Waals surface area (Å²) in [5.74, 6) is 0. The largest absolute Gasteiger partial charge is 0.383 e. The van der Waals surface area contributed by atoms with Crippen molar-refractivity contribution < 1.29 is 0 Å². The minimum Gasteiger partial charge on any atom is -0.383 e. The van der Waals surface area contributed by atoms with Crippen LogP contribution in [0.4, 0.5) is 5.69 Å². The van der Waals surface area contributed by atoms with Gasteiger partial charge in [0, 0.05) is 24.2 Å². The zero-order chi connectivity index (χ0) is 13.8. The molecule has 0 aliphatic carbocycles. The molecule has 0 amide bonds. The van der Waals surface area contributed by atoms with Crippen molar-refractivity contribution in [3.05, 3.63) is 66.7 Å². The number of benzene rings is 3. The molecule has 0 aliphatic rings. The fourth-order valence-corrected chi connectivity index (χ4v) is 2.55. The molecule has 0 aromatic heterocycles. The standard InChI is InChI=1S/C18H18N2/c19-12-13-20-17-11-5-9-15-8-4-10-16(18(15)17)14-6-2-1-3-7-14/h1-11,20H,12-13,19H2. The van der Waals surface area contributed by atoms with Gasteiger partial charge in [0.05, 0.1) is 0 Å². The van der Waals surface area contributed by atoms with Crippen molar-refractivity contribution in [2.45, 2.75) is 0 Å².